The number of ether oxygens (including phenoxy) is 1. The monoisotopic (exact) mass is 300 g/mol. The van der Waals surface area contributed by atoms with Gasteiger partial charge in [0.2, 0.25) is 5.91 Å². The van der Waals surface area contributed by atoms with Crippen LogP contribution in [0.4, 0.5) is 0 Å². The Kier molecular flexibility index (Phi) is 5.91. The summed E-state index contributed by atoms with van der Waals surface area (Å²) in [4.78, 5) is 16.0. The van der Waals surface area contributed by atoms with Crippen LogP contribution in [-0.2, 0) is 16.0 Å². The van der Waals surface area contributed by atoms with Crippen LogP contribution in [-0.4, -0.2) is 24.6 Å². The predicted molar refractivity (Wildman–Crippen MR) is 84.1 cm³/mol. The molecule has 0 aromatic carbocycles. The Morgan fingerprint density at radius 3 is 2.95 bits per heavy atom. The van der Waals surface area contributed by atoms with E-state index in [-0.39, 0.29) is 11.9 Å². The molecule has 1 N–H and O–H groups in total. The van der Waals surface area contributed by atoms with Crippen molar-refractivity contribution in [3.8, 4) is 0 Å². The second-order valence-corrected chi connectivity index (χ2v) is 4.79. The lowest BCUT2D eigenvalue weighted by Gasteiger charge is -2.14. The molecule has 2 heterocycles. The topological polar surface area (TPSA) is 64.4 Å². The minimum atomic E-state index is -0.309. The summed E-state index contributed by atoms with van der Waals surface area (Å²) in [6.45, 7) is 2.37. The first-order valence-corrected chi connectivity index (χ1v) is 7.19. The normalized spacial score (nSPS) is 12.5. The van der Waals surface area contributed by atoms with E-state index >= 15 is 0 Å². The maximum atomic E-state index is 12.0. The molecule has 0 saturated heterocycles. The van der Waals surface area contributed by atoms with Crippen LogP contribution in [0.3, 0.4) is 0 Å². The van der Waals surface area contributed by atoms with Gasteiger partial charge in [-0.15, -0.1) is 0 Å². The molecule has 5 heteroatoms. The molecule has 5 nitrogen and oxygen atoms in total. The minimum Gasteiger partial charge on any atom is -0.464 e. The standard InChI is InChI=1S/C17H20N2O3/c1-3-14-7-8-16(22-14)15(12-21-2)19-17(20)9-6-13-5-4-10-18-11-13/h4-11,15H,3,12H2,1-2H3,(H,19,20)/b9-6+. The van der Waals surface area contributed by atoms with E-state index in [1.807, 2.05) is 31.2 Å². The SMILES string of the molecule is CCc1ccc(C(COC)NC(=O)/C=C/c2cccnc2)o1. The Bertz CT molecular complexity index is 620. The lowest BCUT2D eigenvalue weighted by atomic mass is 10.2. The molecule has 2 aromatic heterocycles. The summed E-state index contributed by atoms with van der Waals surface area (Å²) in [5, 5.41) is 2.88. The van der Waals surface area contributed by atoms with Crippen molar-refractivity contribution in [1.29, 1.82) is 0 Å². The smallest absolute Gasteiger partial charge is 0.244 e. The van der Waals surface area contributed by atoms with Crippen LogP contribution in [0.5, 0.6) is 0 Å². The van der Waals surface area contributed by atoms with Crippen molar-refractivity contribution in [3.05, 3.63) is 59.8 Å². The summed E-state index contributed by atoms with van der Waals surface area (Å²) in [6.07, 6.45) is 7.38. The summed E-state index contributed by atoms with van der Waals surface area (Å²) in [6, 6.07) is 7.17. The largest absolute Gasteiger partial charge is 0.464 e. The van der Waals surface area contributed by atoms with Crippen molar-refractivity contribution in [3.63, 3.8) is 0 Å². The van der Waals surface area contributed by atoms with Gasteiger partial charge in [-0.05, 0) is 29.8 Å². The van der Waals surface area contributed by atoms with Crippen LogP contribution < -0.4 is 5.32 Å². The summed E-state index contributed by atoms with van der Waals surface area (Å²) in [5.74, 6) is 1.37. The van der Waals surface area contributed by atoms with Crippen molar-refractivity contribution in [2.45, 2.75) is 19.4 Å². The first-order chi connectivity index (χ1) is 10.7. The van der Waals surface area contributed by atoms with Gasteiger partial charge in [0.05, 0.1) is 6.61 Å². The first kappa shape index (κ1) is 16.0. The molecule has 0 aliphatic rings. The fourth-order valence-corrected chi connectivity index (χ4v) is 2.00. The molecule has 1 amide bonds. The number of aromatic nitrogens is 1. The molecule has 0 saturated carbocycles. The van der Waals surface area contributed by atoms with Gasteiger partial charge in [0.1, 0.15) is 17.6 Å². The number of carbonyl (C=O) groups is 1. The number of furan rings is 1. The predicted octanol–water partition coefficient (Wildman–Crippen LogP) is 2.75. The molecule has 1 atom stereocenters. The van der Waals surface area contributed by atoms with Crippen LogP contribution >= 0.6 is 0 Å². The lowest BCUT2D eigenvalue weighted by Crippen LogP contribution is -2.29. The maximum absolute atomic E-state index is 12.0. The van der Waals surface area contributed by atoms with Crippen LogP contribution in [0.2, 0.25) is 0 Å². The number of methoxy groups -OCH3 is 1. The second-order valence-electron chi connectivity index (χ2n) is 4.79. The fraction of sp³-hybridized carbons (Fsp3) is 0.294. The highest BCUT2D eigenvalue weighted by atomic mass is 16.5. The molecule has 0 radical (unpaired) electrons. The number of amides is 1. The lowest BCUT2D eigenvalue weighted by molar-refractivity contribution is -0.117. The second kappa shape index (κ2) is 8.14. The molecule has 2 aromatic rings. The molecule has 0 bridgehead atoms. The van der Waals surface area contributed by atoms with Crippen LogP contribution in [0, 0.1) is 0 Å². The quantitative estimate of drug-likeness (QED) is 0.799. The van der Waals surface area contributed by atoms with E-state index in [0.717, 1.165) is 17.7 Å². The zero-order chi connectivity index (χ0) is 15.8. The number of carbonyl (C=O) groups excluding carboxylic acids is 1. The summed E-state index contributed by atoms with van der Waals surface area (Å²) >= 11 is 0. The van der Waals surface area contributed by atoms with Gasteiger partial charge in [-0.25, -0.2) is 0 Å². The zero-order valence-corrected chi connectivity index (χ0v) is 12.8. The van der Waals surface area contributed by atoms with Crippen molar-refractivity contribution in [1.82, 2.24) is 10.3 Å². The third-order valence-electron chi connectivity index (χ3n) is 3.14. The Balaban J connectivity index is 2.01. The highest BCUT2D eigenvalue weighted by molar-refractivity contribution is 5.91. The number of aryl methyl sites for hydroxylation is 1. The van der Waals surface area contributed by atoms with Gasteiger partial charge in [0.15, 0.2) is 0 Å². The number of rotatable bonds is 7. The number of nitrogens with one attached hydrogen (secondary N) is 1. The average molecular weight is 300 g/mol. The Hall–Kier alpha value is -2.40. The Morgan fingerprint density at radius 1 is 1.45 bits per heavy atom. The van der Waals surface area contributed by atoms with Crippen LogP contribution in [0.1, 0.15) is 30.0 Å². The van der Waals surface area contributed by atoms with Crippen molar-refractivity contribution < 1.29 is 13.9 Å². The number of nitrogens with zero attached hydrogens (tertiary/aromatic N) is 1. The van der Waals surface area contributed by atoms with Gasteiger partial charge < -0.3 is 14.5 Å². The molecule has 22 heavy (non-hydrogen) atoms. The molecule has 0 spiro atoms. The van der Waals surface area contributed by atoms with E-state index in [2.05, 4.69) is 10.3 Å². The van der Waals surface area contributed by atoms with Crippen molar-refractivity contribution >= 4 is 12.0 Å². The summed E-state index contributed by atoms with van der Waals surface area (Å²) in [7, 11) is 1.59. The van der Waals surface area contributed by atoms with Crippen LogP contribution in [0.25, 0.3) is 6.08 Å². The van der Waals surface area contributed by atoms with E-state index in [1.165, 1.54) is 6.08 Å². The van der Waals surface area contributed by atoms with E-state index in [0.29, 0.717) is 12.4 Å². The molecule has 1 unspecified atom stereocenters. The summed E-state index contributed by atoms with van der Waals surface area (Å²) in [5.41, 5.74) is 0.868. The molecule has 0 aliphatic carbocycles. The fourth-order valence-electron chi connectivity index (χ4n) is 2.00. The maximum Gasteiger partial charge on any atom is 0.244 e. The van der Waals surface area contributed by atoms with Crippen molar-refractivity contribution in [2.75, 3.05) is 13.7 Å². The highest BCUT2D eigenvalue weighted by Gasteiger charge is 2.17. The summed E-state index contributed by atoms with van der Waals surface area (Å²) < 4.78 is 10.8. The Morgan fingerprint density at radius 2 is 2.32 bits per heavy atom. The number of pyridine rings is 1. The van der Waals surface area contributed by atoms with E-state index < -0.39 is 0 Å². The molecule has 0 fully saturated rings. The third kappa shape index (κ3) is 4.56. The Labute approximate surface area is 130 Å². The van der Waals surface area contributed by atoms with Gasteiger partial charge in [0, 0.05) is 32.0 Å². The average Bonchev–Trinajstić information content (AvgIpc) is 3.02. The van der Waals surface area contributed by atoms with E-state index in [9.17, 15) is 4.79 Å². The molecular formula is C17H20N2O3. The molecule has 2 rings (SSSR count). The number of hydrogen-bond acceptors (Lipinski definition) is 4. The molecular weight excluding hydrogens is 280 g/mol. The van der Waals surface area contributed by atoms with Gasteiger partial charge >= 0.3 is 0 Å². The van der Waals surface area contributed by atoms with Gasteiger partial charge in [-0.2, -0.15) is 0 Å². The molecule has 116 valence electrons. The van der Waals surface area contributed by atoms with Crippen molar-refractivity contribution in [2.24, 2.45) is 0 Å². The number of hydrogen-bond donors (Lipinski definition) is 1. The van der Waals surface area contributed by atoms with E-state index in [1.54, 1.807) is 25.6 Å². The third-order valence-corrected chi connectivity index (χ3v) is 3.14. The van der Waals surface area contributed by atoms with Gasteiger partial charge in [-0.1, -0.05) is 13.0 Å². The molecule has 0 aliphatic heterocycles. The van der Waals surface area contributed by atoms with E-state index in [4.69, 9.17) is 9.15 Å². The highest BCUT2D eigenvalue weighted by Crippen LogP contribution is 2.17. The van der Waals surface area contributed by atoms with Gasteiger partial charge in [0.25, 0.3) is 0 Å². The first-order valence-electron chi connectivity index (χ1n) is 7.19. The minimum absolute atomic E-state index is 0.208. The zero-order valence-electron chi connectivity index (χ0n) is 12.8. The van der Waals surface area contributed by atoms with Crippen LogP contribution in [0.15, 0.2) is 47.2 Å². The van der Waals surface area contributed by atoms with Gasteiger partial charge in [-0.3, -0.25) is 9.78 Å².